The average Bonchev–Trinajstić information content (AvgIpc) is 2.90. The van der Waals surface area contributed by atoms with Crippen molar-refractivity contribution in [2.75, 3.05) is 6.54 Å². The van der Waals surface area contributed by atoms with Crippen LogP contribution in [-0.4, -0.2) is 32.4 Å². The van der Waals surface area contributed by atoms with E-state index >= 15 is 0 Å². The molecule has 1 aliphatic carbocycles. The Hall–Kier alpha value is -2.24. The predicted octanol–water partition coefficient (Wildman–Crippen LogP) is 2.80. The molecule has 3 rings (SSSR count). The molecule has 0 saturated heterocycles. The van der Waals surface area contributed by atoms with Crippen molar-refractivity contribution >= 4 is 6.08 Å². The molecule has 26 heavy (non-hydrogen) atoms. The Balaban J connectivity index is 1.86. The van der Waals surface area contributed by atoms with Crippen LogP contribution in [0.15, 0.2) is 24.8 Å². The van der Waals surface area contributed by atoms with Gasteiger partial charge in [-0.3, -0.25) is 0 Å². The van der Waals surface area contributed by atoms with Crippen molar-refractivity contribution in [2.24, 2.45) is 11.7 Å². The minimum Gasteiger partial charge on any atom is -0.504 e. The molecule has 2 aromatic rings. The van der Waals surface area contributed by atoms with Crippen LogP contribution in [0, 0.1) is 12.8 Å². The fourth-order valence-corrected chi connectivity index (χ4v) is 4.25. The van der Waals surface area contributed by atoms with Crippen LogP contribution in [0.1, 0.15) is 40.9 Å². The van der Waals surface area contributed by atoms with E-state index < -0.39 is 5.60 Å². The van der Waals surface area contributed by atoms with Gasteiger partial charge in [0, 0.05) is 17.8 Å². The summed E-state index contributed by atoms with van der Waals surface area (Å²) in [5.74, 6) is -0.176. The summed E-state index contributed by atoms with van der Waals surface area (Å²) in [5.41, 5.74) is 10.4. The van der Waals surface area contributed by atoms with Crippen molar-refractivity contribution < 1.29 is 15.3 Å². The van der Waals surface area contributed by atoms with Gasteiger partial charge >= 0.3 is 0 Å². The van der Waals surface area contributed by atoms with E-state index in [4.69, 9.17) is 5.73 Å². The molecule has 1 aromatic carbocycles. The summed E-state index contributed by atoms with van der Waals surface area (Å²) >= 11 is 0. The number of nitrogens with two attached hydrogens (primary N) is 1. The largest absolute Gasteiger partial charge is 0.504 e. The Bertz CT molecular complexity index is 812. The summed E-state index contributed by atoms with van der Waals surface area (Å²) in [7, 11) is 0. The fourth-order valence-electron chi connectivity index (χ4n) is 4.25. The molecule has 1 heterocycles. The van der Waals surface area contributed by atoms with E-state index in [1.807, 2.05) is 13.0 Å². The molecule has 0 saturated carbocycles. The normalized spacial score (nSPS) is 22.2. The maximum Gasteiger partial charge on any atom is 0.157 e. The van der Waals surface area contributed by atoms with Gasteiger partial charge in [-0.2, -0.15) is 0 Å². The maximum atomic E-state index is 11.5. The van der Waals surface area contributed by atoms with E-state index in [0.717, 1.165) is 35.2 Å². The van der Waals surface area contributed by atoms with E-state index in [2.05, 4.69) is 11.6 Å². The summed E-state index contributed by atoms with van der Waals surface area (Å²) < 4.78 is 0. The lowest BCUT2D eigenvalue weighted by Crippen LogP contribution is -2.46. The van der Waals surface area contributed by atoms with Crippen LogP contribution in [0.3, 0.4) is 0 Å². The zero-order valence-corrected chi connectivity index (χ0v) is 15.3. The topological polar surface area (TPSA) is 102 Å². The second kappa shape index (κ2) is 7.17. The number of aromatic nitrogens is 1. The Morgan fingerprint density at radius 3 is 2.77 bits per heavy atom. The number of aryl methyl sites for hydroxylation is 2. The Labute approximate surface area is 154 Å². The van der Waals surface area contributed by atoms with Crippen molar-refractivity contribution in [2.45, 2.75) is 44.6 Å². The number of aromatic hydroxyl groups is 2. The molecule has 0 aliphatic heterocycles. The number of aliphatic hydroxyl groups is 1. The van der Waals surface area contributed by atoms with E-state index in [-0.39, 0.29) is 17.4 Å². The highest BCUT2D eigenvalue weighted by atomic mass is 16.3. The average molecular weight is 356 g/mol. The molecule has 5 heteroatoms. The molecule has 0 fully saturated rings. The zero-order chi connectivity index (χ0) is 18.9. The van der Waals surface area contributed by atoms with Crippen molar-refractivity contribution in [3.05, 3.63) is 52.9 Å². The first kappa shape index (κ1) is 18.5. The first-order chi connectivity index (χ1) is 12.4. The van der Waals surface area contributed by atoms with E-state index in [1.54, 1.807) is 12.1 Å². The van der Waals surface area contributed by atoms with Crippen molar-refractivity contribution in [1.82, 2.24) is 4.98 Å². The van der Waals surface area contributed by atoms with Crippen LogP contribution in [-0.2, 0) is 19.3 Å². The third-order valence-electron chi connectivity index (χ3n) is 5.73. The highest BCUT2D eigenvalue weighted by Gasteiger charge is 2.41. The molecule has 1 unspecified atom stereocenters. The highest BCUT2D eigenvalue weighted by molar-refractivity contribution is 5.58. The molecule has 0 spiro atoms. The maximum absolute atomic E-state index is 11.5. The van der Waals surface area contributed by atoms with Gasteiger partial charge in [-0.25, -0.2) is 0 Å². The van der Waals surface area contributed by atoms with Gasteiger partial charge < -0.3 is 26.0 Å². The third-order valence-corrected chi connectivity index (χ3v) is 5.73. The lowest BCUT2D eigenvalue weighted by atomic mass is 9.70. The number of nitrogens with one attached hydrogen (secondary N) is 1. The second-order valence-electron chi connectivity index (χ2n) is 7.41. The van der Waals surface area contributed by atoms with Gasteiger partial charge in [0.2, 0.25) is 0 Å². The molecular formula is C21H28N2O3. The summed E-state index contributed by atoms with van der Waals surface area (Å²) in [6, 6.07) is 4.82. The second-order valence-corrected chi connectivity index (χ2v) is 7.41. The summed E-state index contributed by atoms with van der Waals surface area (Å²) in [5, 5.41) is 30.7. The zero-order valence-electron chi connectivity index (χ0n) is 15.3. The molecule has 2 atom stereocenters. The Morgan fingerprint density at radius 1 is 1.35 bits per heavy atom. The highest BCUT2D eigenvalue weighted by Crippen LogP contribution is 2.40. The molecule has 0 bridgehead atoms. The predicted molar refractivity (Wildman–Crippen MR) is 103 cm³/mol. The number of hydrogen-bond acceptors (Lipinski definition) is 4. The number of rotatable bonds is 6. The molecule has 5 nitrogen and oxygen atoms in total. The van der Waals surface area contributed by atoms with Crippen LogP contribution in [0.5, 0.6) is 11.5 Å². The smallest absolute Gasteiger partial charge is 0.157 e. The van der Waals surface area contributed by atoms with E-state index in [1.165, 1.54) is 11.8 Å². The molecule has 1 aliphatic rings. The first-order valence-corrected chi connectivity index (χ1v) is 9.14. The number of phenols is 2. The summed E-state index contributed by atoms with van der Waals surface area (Å²) in [4.78, 5) is 3.45. The van der Waals surface area contributed by atoms with Crippen LogP contribution < -0.4 is 5.73 Å². The summed E-state index contributed by atoms with van der Waals surface area (Å²) in [6.45, 7) is 6.48. The molecule has 0 radical (unpaired) electrons. The number of hydrogen-bond donors (Lipinski definition) is 5. The molecular weight excluding hydrogens is 328 g/mol. The minimum atomic E-state index is -0.855. The van der Waals surface area contributed by atoms with Gasteiger partial charge in [0.1, 0.15) is 0 Å². The van der Waals surface area contributed by atoms with Gasteiger partial charge in [-0.05, 0) is 73.9 Å². The lowest BCUT2D eigenvalue weighted by Gasteiger charge is -2.40. The van der Waals surface area contributed by atoms with E-state index in [0.29, 0.717) is 25.8 Å². The van der Waals surface area contributed by atoms with Crippen molar-refractivity contribution in [3.63, 3.8) is 0 Å². The Kier molecular flexibility index (Phi) is 5.12. The minimum absolute atomic E-state index is 0.0847. The SMILES string of the molecule is C=Cc1c(C)[nH]c2c1C[C@@](O)(CCc1ccc(O)c(O)c1)C(CCN)C2. The van der Waals surface area contributed by atoms with Gasteiger partial charge in [0.25, 0.3) is 0 Å². The lowest BCUT2D eigenvalue weighted by molar-refractivity contribution is -0.0350. The van der Waals surface area contributed by atoms with Crippen LogP contribution in [0.2, 0.25) is 0 Å². The van der Waals surface area contributed by atoms with E-state index in [9.17, 15) is 15.3 Å². The van der Waals surface area contributed by atoms with Crippen molar-refractivity contribution in [3.8, 4) is 11.5 Å². The van der Waals surface area contributed by atoms with Gasteiger partial charge in [-0.15, -0.1) is 0 Å². The number of H-pyrrole nitrogens is 1. The molecule has 1 aromatic heterocycles. The van der Waals surface area contributed by atoms with Crippen LogP contribution in [0.25, 0.3) is 6.08 Å². The van der Waals surface area contributed by atoms with Gasteiger partial charge in [0.05, 0.1) is 5.60 Å². The van der Waals surface area contributed by atoms with Gasteiger partial charge in [-0.1, -0.05) is 18.7 Å². The quantitative estimate of drug-likeness (QED) is 0.514. The van der Waals surface area contributed by atoms with Gasteiger partial charge in [0.15, 0.2) is 11.5 Å². The standard InChI is InChI=1S/C21H28N2O3/c1-3-16-13(2)23-18-11-15(7-9-22)21(26,12-17(16)18)8-6-14-4-5-19(24)20(25)10-14/h3-5,10,15,23-26H,1,6-9,11-12,22H2,2H3/t15?,21-/m0/s1. The molecule has 6 N–H and O–H groups in total. The molecule has 0 amide bonds. The van der Waals surface area contributed by atoms with Crippen LogP contribution >= 0.6 is 0 Å². The summed E-state index contributed by atoms with van der Waals surface area (Å²) in [6.07, 6.45) is 5.15. The Morgan fingerprint density at radius 2 is 2.12 bits per heavy atom. The number of aromatic amines is 1. The monoisotopic (exact) mass is 356 g/mol. The first-order valence-electron chi connectivity index (χ1n) is 9.14. The fraction of sp³-hybridized carbons (Fsp3) is 0.429. The number of benzene rings is 1. The van der Waals surface area contributed by atoms with Crippen molar-refractivity contribution in [1.29, 1.82) is 0 Å². The number of fused-ring (bicyclic) bond motifs is 1. The molecule has 140 valence electrons. The number of phenolic OH excluding ortho intramolecular Hbond substituents is 2. The third kappa shape index (κ3) is 3.37. The van der Waals surface area contributed by atoms with Crippen LogP contribution in [0.4, 0.5) is 0 Å².